The third-order valence-electron chi connectivity index (χ3n) is 6.97. The van der Waals surface area contributed by atoms with Crippen molar-refractivity contribution in [3.8, 4) is 0 Å². The van der Waals surface area contributed by atoms with E-state index in [1.165, 1.54) is 22.4 Å². The third-order valence-corrected chi connectivity index (χ3v) is 6.97. The molecule has 0 bridgehead atoms. The van der Waals surface area contributed by atoms with E-state index in [0.29, 0.717) is 12.2 Å². The highest BCUT2D eigenvalue weighted by Gasteiger charge is 2.21. The summed E-state index contributed by atoms with van der Waals surface area (Å²) in [6.07, 6.45) is 6.04. The standard InChI is InChI=1S/C30H36N4O/c1-3-25-23(14-15-27(30(32)35)26(25)4-2)20-22-16-18-33(19-17-22)28-12-8-9-13-29(28)34(21-31)24-10-6-5-7-11-24/h5-15,20H,3-4,16-19,21,31H2,1-2H3,(H2,32,35). The van der Waals surface area contributed by atoms with Gasteiger partial charge < -0.3 is 21.3 Å². The molecule has 0 aliphatic carbocycles. The number of rotatable bonds is 8. The minimum atomic E-state index is -0.343. The summed E-state index contributed by atoms with van der Waals surface area (Å²) in [5, 5.41) is 0. The summed E-state index contributed by atoms with van der Waals surface area (Å²) in [4.78, 5) is 16.5. The smallest absolute Gasteiger partial charge is 0.248 e. The maximum absolute atomic E-state index is 11.9. The molecule has 1 heterocycles. The molecule has 1 fully saturated rings. The maximum atomic E-state index is 11.9. The van der Waals surface area contributed by atoms with Crippen molar-refractivity contribution in [1.82, 2.24) is 0 Å². The minimum absolute atomic E-state index is 0.343. The minimum Gasteiger partial charge on any atom is -0.369 e. The van der Waals surface area contributed by atoms with E-state index < -0.39 is 0 Å². The highest BCUT2D eigenvalue weighted by atomic mass is 16.1. The van der Waals surface area contributed by atoms with Crippen LogP contribution in [0.4, 0.5) is 17.1 Å². The number of carbonyl (C=O) groups excluding carboxylic acids is 1. The number of nitrogens with zero attached hydrogens (tertiary/aromatic N) is 2. The molecule has 1 saturated heterocycles. The van der Waals surface area contributed by atoms with Gasteiger partial charge >= 0.3 is 0 Å². The molecule has 3 aromatic carbocycles. The summed E-state index contributed by atoms with van der Waals surface area (Å²) in [6.45, 7) is 6.57. The van der Waals surface area contributed by atoms with Gasteiger partial charge in [-0.15, -0.1) is 0 Å². The highest BCUT2D eigenvalue weighted by molar-refractivity contribution is 5.95. The predicted molar refractivity (Wildman–Crippen MR) is 147 cm³/mol. The van der Waals surface area contributed by atoms with Gasteiger partial charge in [0.15, 0.2) is 0 Å². The zero-order valence-electron chi connectivity index (χ0n) is 20.8. The molecule has 5 heteroatoms. The lowest BCUT2D eigenvalue weighted by atomic mass is 9.90. The molecule has 1 aliphatic rings. The van der Waals surface area contributed by atoms with E-state index in [9.17, 15) is 4.79 Å². The molecule has 0 aromatic heterocycles. The zero-order chi connectivity index (χ0) is 24.8. The number of para-hydroxylation sites is 3. The number of piperidine rings is 1. The molecule has 35 heavy (non-hydrogen) atoms. The normalized spacial score (nSPS) is 13.6. The van der Waals surface area contributed by atoms with Gasteiger partial charge in [-0.25, -0.2) is 0 Å². The van der Waals surface area contributed by atoms with Crippen molar-refractivity contribution < 1.29 is 4.79 Å². The highest BCUT2D eigenvalue weighted by Crippen LogP contribution is 2.36. The molecule has 4 N–H and O–H groups in total. The van der Waals surface area contributed by atoms with Crippen LogP contribution in [0.1, 0.15) is 53.7 Å². The Labute approximate surface area is 209 Å². The Kier molecular flexibility index (Phi) is 7.88. The molecule has 0 spiro atoms. The molecule has 182 valence electrons. The Morgan fingerprint density at radius 3 is 2.20 bits per heavy atom. The third kappa shape index (κ3) is 5.25. The van der Waals surface area contributed by atoms with Crippen molar-refractivity contribution >= 4 is 29.0 Å². The number of carbonyl (C=O) groups is 1. The quantitative estimate of drug-likeness (QED) is 0.419. The fourth-order valence-electron chi connectivity index (χ4n) is 5.21. The van der Waals surface area contributed by atoms with E-state index in [1.54, 1.807) is 0 Å². The van der Waals surface area contributed by atoms with Gasteiger partial charge in [0, 0.05) is 24.3 Å². The molecule has 0 unspecified atom stereocenters. The van der Waals surface area contributed by atoms with Gasteiger partial charge in [0.2, 0.25) is 5.91 Å². The van der Waals surface area contributed by atoms with Crippen LogP contribution in [0.2, 0.25) is 0 Å². The van der Waals surface area contributed by atoms with E-state index in [-0.39, 0.29) is 5.91 Å². The summed E-state index contributed by atoms with van der Waals surface area (Å²) >= 11 is 0. The van der Waals surface area contributed by atoms with Crippen LogP contribution in [0.15, 0.2) is 72.3 Å². The van der Waals surface area contributed by atoms with Gasteiger partial charge in [-0.1, -0.05) is 61.9 Å². The first-order chi connectivity index (χ1) is 17.1. The van der Waals surface area contributed by atoms with E-state index in [4.69, 9.17) is 11.5 Å². The number of nitrogens with two attached hydrogens (primary N) is 2. The molecular formula is C30H36N4O. The monoisotopic (exact) mass is 468 g/mol. The summed E-state index contributed by atoms with van der Waals surface area (Å²) in [6, 6.07) is 22.8. The first-order valence-corrected chi connectivity index (χ1v) is 12.6. The first-order valence-electron chi connectivity index (χ1n) is 12.6. The summed E-state index contributed by atoms with van der Waals surface area (Å²) in [5.74, 6) is -0.343. The van der Waals surface area contributed by atoms with Gasteiger partial charge in [0.25, 0.3) is 0 Å². The molecule has 0 saturated carbocycles. The van der Waals surface area contributed by atoms with Crippen LogP contribution < -0.4 is 21.3 Å². The van der Waals surface area contributed by atoms with Crippen molar-refractivity contribution in [2.45, 2.75) is 39.5 Å². The molecule has 1 aliphatic heterocycles. The van der Waals surface area contributed by atoms with Crippen molar-refractivity contribution in [3.05, 3.63) is 94.6 Å². The van der Waals surface area contributed by atoms with Crippen LogP contribution in [0, 0.1) is 0 Å². The van der Waals surface area contributed by atoms with Crippen LogP contribution in [0.5, 0.6) is 0 Å². The Morgan fingerprint density at radius 1 is 0.914 bits per heavy atom. The van der Waals surface area contributed by atoms with Crippen LogP contribution >= 0.6 is 0 Å². The van der Waals surface area contributed by atoms with E-state index in [2.05, 4.69) is 72.2 Å². The lowest BCUT2D eigenvalue weighted by molar-refractivity contribution is 0.0999. The summed E-state index contributed by atoms with van der Waals surface area (Å²) in [7, 11) is 0. The van der Waals surface area contributed by atoms with Crippen LogP contribution in [-0.4, -0.2) is 25.7 Å². The SMILES string of the molecule is CCc1c(C=C2CCN(c3ccccc3N(CN)c3ccccc3)CC2)ccc(C(N)=O)c1CC. The molecular weight excluding hydrogens is 432 g/mol. The van der Waals surface area contributed by atoms with Crippen LogP contribution in [0.25, 0.3) is 6.08 Å². The van der Waals surface area contributed by atoms with Crippen molar-refractivity contribution in [1.29, 1.82) is 0 Å². The fraction of sp³-hybridized carbons (Fsp3) is 0.300. The molecule has 5 nitrogen and oxygen atoms in total. The van der Waals surface area contributed by atoms with Gasteiger partial charge in [0.05, 0.1) is 18.0 Å². The summed E-state index contributed by atoms with van der Waals surface area (Å²) in [5.41, 5.74) is 20.9. The molecule has 0 atom stereocenters. The Balaban J connectivity index is 1.56. The van der Waals surface area contributed by atoms with Crippen molar-refractivity contribution in [3.63, 3.8) is 0 Å². The van der Waals surface area contributed by atoms with Crippen LogP contribution in [-0.2, 0) is 12.8 Å². The maximum Gasteiger partial charge on any atom is 0.248 e. The summed E-state index contributed by atoms with van der Waals surface area (Å²) < 4.78 is 0. The largest absolute Gasteiger partial charge is 0.369 e. The Bertz CT molecular complexity index is 1190. The number of amides is 1. The van der Waals surface area contributed by atoms with Gasteiger partial charge in [-0.2, -0.15) is 0 Å². The fourth-order valence-corrected chi connectivity index (χ4v) is 5.21. The van der Waals surface area contributed by atoms with Crippen molar-refractivity contribution in [2.24, 2.45) is 11.5 Å². The second-order valence-corrected chi connectivity index (χ2v) is 8.96. The lowest BCUT2D eigenvalue weighted by Crippen LogP contribution is -2.33. The lowest BCUT2D eigenvalue weighted by Gasteiger charge is -2.35. The molecule has 4 rings (SSSR count). The number of hydrogen-bond donors (Lipinski definition) is 2. The Hall–Kier alpha value is -3.57. The average molecular weight is 469 g/mol. The second-order valence-electron chi connectivity index (χ2n) is 8.96. The molecule has 3 aromatic rings. The van der Waals surface area contributed by atoms with E-state index in [0.717, 1.165) is 55.7 Å². The topological polar surface area (TPSA) is 75.6 Å². The zero-order valence-corrected chi connectivity index (χ0v) is 20.8. The number of hydrogen-bond acceptors (Lipinski definition) is 4. The van der Waals surface area contributed by atoms with Crippen molar-refractivity contribution in [2.75, 3.05) is 29.6 Å². The number of benzene rings is 3. The first kappa shape index (κ1) is 24.6. The number of primary amides is 1. The Morgan fingerprint density at radius 2 is 1.57 bits per heavy atom. The van der Waals surface area contributed by atoms with Gasteiger partial charge in [-0.3, -0.25) is 4.79 Å². The predicted octanol–water partition coefficient (Wildman–Crippen LogP) is 5.65. The van der Waals surface area contributed by atoms with Gasteiger partial charge in [-0.05, 0) is 72.7 Å². The number of anilines is 3. The molecule has 1 amide bonds. The van der Waals surface area contributed by atoms with E-state index >= 15 is 0 Å². The second kappa shape index (κ2) is 11.2. The van der Waals surface area contributed by atoms with Crippen LogP contribution in [0.3, 0.4) is 0 Å². The average Bonchev–Trinajstić information content (AvgIpc) is 2.90. The van der Waals surface area contributed by atoms with Gasteiger partial charge in [0.1, 0.15) is 0 Å². The molecule has 0 radical (unpaired) electrons. The van der Waals surface area contributed by atoms with E-state index in [1.807, 2.05) is 24.3 Å².